The molecule has 0 bridgehead atoms. The quantitative estimate of drug-likeness (QED) is 0.784. The number of carbonyl (C=O) groups is 2. The number of anilines is 1. The first-order valence-electron chi connectivity index (χ1n) is 9.98. The average molecular weight is 410 g/mol. The van der Waals surface area contributed by atoms with Crippen molar-refractivity contribution in [1.82, 2.24) is 10.2 Å². The zero-order chi connectivity index (χ0) is 19.4. The minimum Gasteiger partial charge on any atom is -0.495 e. The van der Waals surface area contributed by atoms with E-state index in [1.54, 1.807) is 12.0 Å². The first kappa shape index (κ1) is 22.5. The molecule has 2 fully saturated rings. The van der Waals surface area contributed by atoms with Crippen molar-refractivity contribution in [3.8, 4) is 5.75 Å². The van der Waals surface area contributed by atoms with Gasteiger partial charge in [0, 0.05) is 26.1 Å². The summed E-state index contributed by atoms with van der Waals surface area (Å²) in [6.45, 7) is 8.16. The minimum atomic E-state index is -0.256. The Labute approximate surface area is 174 Å². The smallest absolute Gasteiger partial charge is 0.228 e. The van der Waals surface area contributed by atoms with E-state index in [-0.39, 0.29) is 36.6 Å². The minimum absolute atomic E-state index is 0. The molecule has 2 heterocycles. The predicted molar refractivity (Wildman–Crippen MR) is 113 cm³/mol. The molecule has 1 atom stereocenters. The van der Waals surface area contributed by atoms with E-state index in [1.807, 2.05) is 30.0 Å². The summed E-state index contributed by atoms with van der Waals surface area (Å²) in [5.41, 5.74) is 1.83. The fourth-order valence-electron chi connectivity index (χ4n) is 4.08. The molecule has 0 aliphatic carbocycles. The molecule has 1 aromatic carbocycles. The SMILES string of the molecule is CCNCC1CCN(C(=O)C2CC(=O)N(c3cc(C)ccc3OC)C2)CC1.Cl. The Morgan fingerprint density at radius 1 is 1.29 bits per heavy atom. The molecule has 0 radical (unpaired) electrons. The van der Waals surface area contributed by atoms with Gasteiger partial charge in [-0.05, 0) is 56.5 Å². The molecule has 156 valence electrons. The molecule has 2 saturated heterocycles. The third-order valence-corrected chi connectivity index (χ3v) is 5.71. The number of hydrogen-bond acceptors (Lipinski definition) is 4. The van der Waals surface area contributed by atoms with Gasteiger partial charge in [0.1, 0.15) is 5.75 Å². The van der Waals surface area contributed by atoms with E-state index in [2.05, 4.69) is 12.2 Å². The highest BCUT2D eigenvalue weighted by atomic mass is 35.5. The number of nitrogens with one attached hydrogen (secondary N) is 1. The van der Waals surface area contributed by atoms with Crippen molar-refractivity contribution in [3.05, 3.63) is 23.8 Å². The number of aryl methyl sites for hydroxylation is 1. The van der Waals surface area contributed by atoms with Crippen LogP contribution >= 0.6 is 12.4 Å². The Kier molecular flexibility index (Phi) is 8.13. The second kappa shape index (κ2) is 10.1. The van der Waals surface area contributed by atoms with Crippen molar-refractivity contribution in [1.29, 1.82) is 0 Å². The number of amides is 2. The number of halogens is 1. The summed E-state index contributed by atoms with van der Waals surface area (Å²) in [5.74, 6) is 1.19. The number of likely N-dealkylation sites (tertiary alicyclic amines) is 1. The standard InChI is InChI=1S/C21H31N3O3.ClH/c1-4-22-13-16-7-9-23(10-8-16)21(26)17-12-20(25)24(14-17)18-11-15(2)5-6-19(18)27-3;/h5-6,11,16-17,22H,4,7-10,12-14H2,1-3H3;1H. The average Bonchev–Trinajstić information content (AvgIpc) is 3.07. The van der Waals surface area contributed by atoms with Crippen LogP contribution < -0.4 is 15.0 Å². The van der Waals surface area contributed by atoms with Crippen LogP contribution in [0.1, 0.15) is 31.7 Å². The highest BCUT2D eigenvalue weighted by molar-refractivity contribution is 6.01. The molecule has 2 aliphatic rings. The van der Waals surface area contributed by atoms with E-state index in [9.17, 15) is 9.59 Å². The lowest BCUT2D eigenvalue weighted by atomic mass is 9.95. The fourth-order valence-corrected chi connectivity index (χ4v) is 4.08. The molecule has 7 heteroatoms. The maximum Gasteiger partial charge on any atom is 0.228 e. The third kappa shape index (κ3) is 4.97. The van der Waals surface area contributed by atoms with Crippen LogP contribution in [0.3, 0.4) is 0 Å². The number of ether oxygens (including phenoxy) is 1. The molecule has 2 amide bonds. The summed E-state index contributed by atoms with van der Waals surface area (Å²) < 4.78 is 5.42. The van der Waals surface area contributed by atoms with Crippen LogP contribution in [0.25, 0.3) is 0 Å². The van der Waals surface area contributed by atoms with E-state index in [0.717, 1.165) is 50.3 Å². The highest BCUT2D eigenvalue weighted by Gasteiger charge is 2.38. The van der Waals surface area contributed by atoms with Crippen molar-refractivity contribution in [3.63, 3.8) is 0 Å². The van der Waals surface area contributed by atoms with Crippen LogP contribution in [0.15, 0.2) is 18.2 Å². The van der Waals surface area contributed by atoms with Gasteiger partial charge in [-0.15, -0.1) is 12.4 Å². The van der Waals surface area contributed by atoms with Crippen LogP contribution in [0.4, 0.5) is 5.69 Å². The first-order valence-corrected chi connectivity index (χ1v) is 9.98. The number of nitrogens with zero attached hydrogens (tertiary/aromatic N) is 2. The zero-order valence-corrected chi connectivity index (χ0v) is 17.9. The number of benzene rings is 1. The molecule has 1 aromatic rings. The number of methoxy groups -OCH3 is 1. The largest absolute Gasteiger partial charge is 0.495 e. The maximum atomic E-state index is 13.0. The van der Waals surface area contributed by atoms with Crippen molar-refractivity contribution in [2.45, 2.75) is 33.1 Å². The number of piperidine rings is 1. The summed E-state index contributed by atoms with van der Waals surface area (Å²) in [6.07, 6.45) is 2.36. The summed E-state index contributed by atoms with van der Waals surface area (Å²) in [6, 6.07) is 5.79. The van der Waals surface area contributed by atoms with Gasteiger partial charge < -0.3 is 19.9 Å². The van der Waals surface area contributed by atoms with E-state index in [4.69, 9.17) is 4.74 Å². The van der Waals surface area contributed by atoms with Crippen molar-refractivity contribution >= 4 is 29.9 Å². The van der Waals surface area contributed by atoms with Crippen LogP contribution in [-0.2, 0) is 9.59 Å². The Bertz CT molecular complexity index is 689. The Morgan fingerprint density at radius 3 is 2.64 bits per heavy atom. The summed E-state index contributed by atoms with van der Waals surface area (Å²) in [4.78, 5) is 29.2. The number of carbonyl (C=O) groups excluding carboxylic acids is 2. The van der Waals surface area contributed by atoms with Gasteiger partial charge in [0.2, 0.25) is 11.8 Å². The summed E-state index contributed by atoms with van der Waals surface area (Å²) in [7, 11) is 1.61. The molecule has 6 nitrogen and oxygen atoms in total. The second-order valence-corrected chi connectivity index (χ2v) is 7.66. The van der Waals surface area contributed by atoms with Crippen LogP contribution in [-0.4, -0.2) is 56.5 Å². The lowest BCUT2D eigenvalue weighted by Gasteiger charge is -2.33. The summed E-state index contributed by atoms with van der Waals surface area (Å²) >= 11 is 0. The van der Waals surface area contributed by atoms with E-state index in [1.165, 1.54) is 0 Å². The highest BCUT2D eigenvalue weighted by Crippen LogP contribution is 2.34. The van der Waals surface area contributed by atoms with Gasteiger partial charge >= 0.3 is 0 Å². The summed E-state index contributed by atoms with van der Waals surface area (Å²) in [5, 5.41) is 3.40. The third-order valence-electron chi connectivity index (χ3n) is 5.71. The van der Waals surface area contributed by atoms with Crippen LogP contribution in [0, 0.1) is 18.8 Å². The Hall–Kier alpha value is -1.79. The molecule has 2 aliphatic heterocycles. The van der Waals surface area contributed by atoms with E-state index >= 15 is 0 Å². The van der Waals surface area contributed by atoms with Crippen LogP contribution in [0.5, 0.6) is 5.75 Å². The number of rotatable bonds is 6. The molecule has 0 spiro atoms. The second-order valence-electron chi connectivity index (χ2n) is 7.66. The molecule has 1 N–H and O–H groups in total. The van der Waals surface area contributed by atoms with Crippen molar-refractivity contribution in [2.75, 3.05) is 44.7 Å². The van der Waals surface area contributed by atoms with Crippen LogP contribution in [0.2, 0.25) is 0 Å². The maximum absolute atomic E-state index is 13.0. The van der Waals surface area contributed by atoms with Gasteiger partial charge in [0.15, 0.2) is 0 Å². The topological polar surface area (TPSA) is 61.9 Å². The lowest BCUT2D eigenvalue weighted by Crippen LogP contribution is -2.44. The van der Waals surface area contributed by atoms with E-state index < -0.39 is 0 Å². The first-order chi connectivity index (χ1) is 13.0. The van der Waals surface area contributed by atoms with Gasteiger partial charge in [-0.2, -0.15) is 0 Å². The molecule has 0 aromatic heterocycles. The fraction of sp³-hybridized carbons (Fsp3) is 0.619. The molecule has 28 heavy (non-hydrogen) atoms. The lowest BCUT2D eigenvalue weighted by molar-refractivity contribution is -0.137. The number of hydrogen-bond donors (Lipinski definition) is 1. The Balaban J connectivity index is 0.00000280. The molecule has 0 saturated carbocycles. The molecule has 3 rings (SSSR count). The predicted octanol–water partition coefficient (Wildman–Crippen LogP) is 2.63. The van der Waals surface area contributed by atoms with Gasteiger partial charge in [0.05, 0.1) is 18.7 Å². The van der Waals surface area contributed by atoms with Crippen molar-refractivity contribution in [2.24, 2.45) is 11.8 Å². The van der Waals surface area contributed by atoms with Gasteiger partial charge in [-0.1, -0.05) is 13.0 Å². The normalized spacial score (nSPS) is 20.2. The monoisotopic (exact) mass is 409 g/mol. The van der Waals surface area contributed by atoms with Gasteiger partial charge in [0.25, 0.3) is 0 Å². The zero-order valence-electron chi connectivity index (χ0n) is 17.1. The van der Waals surface area contributed by atoms with E-state index in [0.29, 0.717) is 18.2 Å². The van der Waals surface area contributed by atoms with Gasteiger partial charge in [-0.3, -0.25) is 9.59 Å². The molecular weight excluding hydrogens is 378 g/mol. The van der Waals surface area contributed by atoms with Gasteiger partial charge in [-0.25, -0.2) is 0 Å². The van der Waals surface area contributed by atoms with Crippen molar-refractivity contribution < 1.29 is 14.3 Å². The Morgan fingerprint density at radius 2 is 2.00 bits per heavy atom. The molecule has 1 unspecified atom stereocenters. The molecular formula is C21H32ClN3O3.